The molecule has 0 aliphatic heterocycles. The second-order valence-corrected chi connectivity index (χ2v) is 10.7. The van der Waals surface area contributed by atoms with Crippen LogP contribution in [0, 0.1) is 19.7 Å². The Morgan fingerprint density at radius 1 is 0.905 bits per heavy atom. The van der Waals surface area contributed by atoms with Crippen LogP contribution < -0.4 is 21.7 Å². The molecule has 0 aliphatic rings. The number of pyridine rings is 1. The lowest BCUT2D eigenvalue weighted by atomic mass is 10.0. The highest BCUT2D eigenvalue weighted by molar-refractivity contribution is 7.20. The number of fused-ring (bicyclic) bond motifs is 1. The molecular formula is C30H23F4N5O2S. The van der Waals surface area contributed by atoms with Crippen LogP contribution in [0.3, 0.4) is 0 Å². The van der Waals surface area contributed by atoms with Gasteiger partial charge in [-0.15, -0.1) is 11.3 Å². The minimum atomic E-state index is -4.74. The van der Waals surface area contributed by atoms with Crippen LogP contribution in [0.25, 0.3) is 21.2 Å². The number of alkyl halides is 3. The van der Waals surface area contributed by atoms with E-state index in [1.54, 1.807) is 30.3 Å². The number of nitrogens with one attached hydrogen (secondary N) is 3. The maximum atomic E-state index is 14.3. The van der Waals surface area contributed by atoms with E-state index < -0.39 is 35.1 Å². The average Bonchev–Trinajstić information content (AvgIpc) is 3.28. The predicted octanol–water partition coefficient (Wildman–Crippen LogP) is 8.22. The molecule has 0 fully saturated rings. The number of amides is 3. The maximum absolute atomic E-state index is 14.3. The molecule has 3 aromatic carbocycles. The Hall–Kier alpha value is -4.97. The number of aryl methyl sites for hydroxylation is 2. The van der Waals surface area contributed by atoms with Crippen molar-refractivity contribution in [2.24, 2.45) is 0 Å². The molecule has 5 aromatic rings. The lowest BCUT2D eigenvalue weighted by molar-refractivity contribution is -0.137. The molecule has 0 spiro atoms. The Balaban J connectivity index is 1.41. The third-order valence-corrected chi connectivity index (χ3v) is 7.55. The number of carbonyl (C=O) groups is 2. The zero-order valence-electron chi connectivity index (χ0n) is 22.2. The second kappa shape index (κ2) is 11.1. The summed E-state index contributed by atoms with van der Waals surface area (Å²) in [5.74, 6) is -1.98. The zero-order chi connectivity index (χ0) is 30.2. The molecule has 12 heteroatoms. The van der Waals surface area contributed by atoms with E-state index in [0.717, 1.165) is 21.6 Å². The van der Waals surface area contributed by atoms with E-state index in [4.69, 9.17) is 5.73 Å². The molecule has 3 amide bonds. The number of hydrogen-bond donors (Lipinski definition) is 4. The van der Waals surface area contributed by atoms with Crippen molar-refractivity contribution in [3.63, 3.8) is 0 Å². The van der Waals surface area contributed by atoms with Gasteiger partial charge >= 0.3 is 12.2 Å². The number of urea groups is 1. The standard InChI is InChI=1S/C30H23F4N5O2S/c1-15-4-3-5-20(12-15)38-29(41)37-19-9-6-17(7-10-19)24-16(2)42-26-23(14-36-27(35)25(24)26)39-28(40)21-13-18(30(32,33)34)8-11-22(21)31/h3-14H,1-2H3,(H2,35,36)(H,39,40)(H2,37,38,41). The van der Waals surface area contributed by atoms with E-state index in [1.807, 2.05) is 32.0 Å². The monoisotopic (exact) mass is 593 g/mol. The van der Waals surface area contributed by atoms with Gasteiger partial charge in [0.25, 0.3) is 5.91 Å². The first-order chi connectivity index (χ1) is 19.9. The molecule has 5 rings (SSSR count). The summed E-state index contributed by atoms with van der Waals surface area (Å²) in [5, 5.41) is 8.56. The number of nitrogen functional groups attached to an aromatic ring is 1. The Morgan fingerprint density at radius 2 is 1.62 bits per heavy atom. The van der Waals surface area contributed by atoms with Gasteiger partial charge in [0.2, 0.25) is 0 Å². The summed E-state index contributed by atoms with van der Waals surface area (Å²) in [6, 6.07) is 15.7. The largest absolute Gasteiger partial charge is 0.416 e. The van der Waals surface area contributed by atoms with Crippen LogP contribution in [0.2, 0.25) is 0 Å². The van der Waals surface area contributed by atoms with E-state index in [-0.39, 0.29) is 11.5 Å². The number of nitrogens with two attached hydrogens (primary N) is 1. The summed E-state index contributed by atoms with van der Waals surface area (Å²) in [5.41, 5.74) is 8.20. The first-order valence-corrected chi connectivity index (χ1v) is 13.3. The number of thiophene rings is 1. The quantitative estimate of drug-likeness (QED) is 0.154. The van der Waals surface area contributed by atoms with Gasteiger partial charge in [-0.2, -0.15) is 13.2 Å². The topological polar surface area (TPSA) is 109 Å². The fraction of sp³-hybridized carbons (Fsp3) is 0.100. The Morgan fingerprint density at radius 3 is 2.31 bits per heavy atom. The van der Waals surface area contributed by atoms with E-state index in [9.17, 15) is 27.2 Å². The summed E-state index contributed by atoms with van der Waals surface area (Å²) in [6.07, 6.45) is -3.46. The molecule has 2 aromatic heterocycles. The molecule has 0 aliphatic carbocycles. The number of hydrogen-bond acceptors (Lipinski definition) is 5. The summed E-state index contributed by atoms with van der Waals surface area (Å²) in [7, 11) is 0. The molecule has 0 atom stereocenters. The smallest absolute Gasteiger partial charge is 0.383 e. The van der Waals surface area contributed by atoms with Crippen LogP contribution in [-0.2, 0) is 6.18 Å². The minimum Gasteiger partial charge on any atom is -0.383 e. The summed E-state index contributed by atoms with van der Waals surface area (Å²) in [6.45, 7) is 3.77. The van der Waals surface area contributed by atoms with Crippen LogP contribution in [0.15, 0.2) is 72.9 Å². The highest BCUT2D eigenvalue weighted by atomic mass is 32.1. The molecule has 7 nitrogen and oxygen atoms in total. The van der Waals surface area contributed by atoms with Crippen molar-refractivity contribution in [1.82, 2.24) is 4.98 Å². The molecule has 0 saturated carbocycles. The molecule has 2 heterocycles. The Kier molecular flexibility index (Phi) is 7.57. The van der Waals surface area contributed by atoms with Gasteiger partial charge in [-0.25, -0.2) is 14.2 Å². The van der Waals surface area contributed by atoms with Crippen LogP contribution in [0.5, 0.6) is 0 Å². The molecule has 0 saturated heterocycles. The number of rotatable bonds is 5. The number of halogens is 4. The van der Waals surface area contributed by atoms with Crippen molar-refractivity contribution in [3.05, 3.63) is 100 Å². The first-order valence-electron chi connectivity index (χ1n) is 12.5. The third-order valence-electron chi connectivity index (χ3n) is 6.41. The molecule has 5 N–H and O–H groups in total. The summed E-state index contributed by atoms with van der Waals surface area (Å²) < 4.78 is 54.3. The van der Waals surface area contributed by atoms with Gasteiger partial charge in [0.15, 0.2) is 0 Å². The van der Waals surface area contributed by atoms with Crippen LogP contribution in [-0.4, -0.2) is 16.9 Å². The highest BCUT2D eigenvalue weighted by Gasteiger charge is 2.32. The molecule has 0 bridgehead atoms. The number of anilines is 4. The van der Waals surface area contributed by atoms with Crippen molar-refractivity contribution in [1.29, 1.82) is 0 Å². The van der Waals surface area contributed by atoms with E-state index in [0.29, 0.717) is 39.7 Å². The van der Waals surface area contributed by atoms with Crippen molar-refractivity contribution in [3.8, 4) is 11.1 Å². The van der Waals surface area contributed by atoms with Gasteiger partial charge < -0.3 is 21.7 Å². The van der Waals surface area contributed by atoms with Crippen molar-refractivity contribution in [2.75, 3.05) is 21.7 Å². The van der Waals surface area contributed by atoms with Crippen LogP contribution >= 0.6 is 11.3 Å². The van der Waals surface area contributed by atoms with E-state index >= 15 is 0 Å². The Labute approximate surface area is 241 Å². The fourth-order valence-electron chi connectivity index (χ4n) is 4.47. The van der Waals surface area contributed by atoms with Gasteiger partial charge in [-0.1, -0.05) is 24.3 Å². The Bertz CT molecular complexity index is 1830. The first kappa shape index (κ1) is 28.6. The lowest BCUT2D eigenvalue weighted by Gasteiger charge is -2.12. The van der Waals surface area contributed by atoms with E-state index in [2.05, 4.69) is 20.9 Å². The van der Waals surface area contributed by atoms with Crippen molar-refractivity contribution in [2.45, 2.75) is 20.0 Å². The second-order valence-electron chi connectivity index (χ2n) is 9.47. The highest BCUT2D eigenvalue weighted by Crippen LogP contribution is 2.44. The van der Waals surface area contributed by atoms with Crippen molar-refractivity contribution < 1.29 is 27.2 Å². The molecular weight excluding hydrogens is 570 g/mol. The number of nitrogens with zero attached hydrogens (tertiary/aromatic N) is 1. The fourth-order valence-corrected chi connectivity index (χ4v) is 5.62. The third kappa shape index (κ3) is 5.88. The number of aromatic nitrogens is 1. The van der Waals surface area contributed by atoms with Gasteiger partial charge in [0.05, 0.1) is 27.7 Å². The molecule has 42 heavy (non-hydrogen) atoms. The summed E-state index contributed by atoms with van der Waals surface area (Å²) in [4.78, 5) is 30.3. The normalized spacial score (nSPS) is 11.4. The lowest BCUT2D eigenvalue weighted by Crippen LogP contribution is -2.19. The molecule has 0 radical (unpaired) electrons. The SMILES string of the molecule is Cc1cccc(NC(=O)Nc2ccc(-c3c(C)sc4c(NC(=O)c5cc(C(F)(F)F)ccc5F)cnc(N)c34)cc2)c1. The predicted molar refractivity (Wildman–Crippen MR) is 157 cm³/mol. The maximum Gasteiger partial charge on any atom is 0.416 e. The van der Waals surface area contributed by atoms with Crippen LogP contribution in [0.1, 0.15) is 26.4 Å². The minimum absolute atomic E-state index is 0.173. The van der Waals surface area contributed by atoms with Gasteiger partial charge in [-0.3, -0.25) is 4.79 Å². The zero-order valence-corrected chi connectivity index (χ0v) is 23.0. The summed E-state index contributed by atoms with van der Waals surface area (Å²) >= 11 is 1.29. The van der Waals surface area contributed by atoms with Gasteiger partial charge in [-0.05, 0) is 67.4 Å². The molecule has 0 unspecified atom stereocenters. The van der Waals surface area contributed by atoms with Gasteiger partial charge in [0.1, 0.15) is 11.6 Å². The van der Waals surface area contributed by atoms with Crippen molar-refractivity contribution >= 4 is 56.2 Å². The molecule has 214 valence electrons. The average molecular weight is 594 g/mol. The number of benzene rings is 3. The van der Waals surface area contributed by atoms with Gasteiger partial charge in [0, 0.05) is 27.2 Å². The van der Waals surface area contributed by atoms with E-state index in [1.165, 1.54) is 17.5 Å². The number of carbonyl (C=O) groups excluding carboxylic acids is 2. The van der Waals surface area contributed by atoms with Crippen LogP contribution in [0.4, 0.5) is 45.2 Å².